The topological polar surface area (TPSA) is 116 Å². The smallest absolute Gasteiger partial charge is 0.173 e. The second-order valence-electron chi connectivity index (χ2n) is 6.93. The Kier molecular flexibility index (Phi) is 5.72. The Labute approximate surface area is 152 Å². The van der Waals surface area contributed by atoms with Gasteiger partial charge in [-0.3, -0.25) is 0 Å². The zero-order valence-corrected chi connectivity index (χ0v) is 14.3. The van der Waals surface area contributed by atoms with Gasteiger partial charge in [-0.15, -0.1) is 0 Å². The Balaban J connectivity index is 1.94. The first-order valence-corrected chi connectivity index (χ1v) is 8.66. The second kappa shape index (κ2) is 7.84. The van der Waals surface area contributed by atoms with Crippen molar-refractivity contribution in [2.45, 2.75) is 49.1 Å². The minimum Gasteiger partial charge on any atom is -0.388 e. The van der Waals surface area contributed by atoms with Crippen molar-refractivity contribution in [2.24, 2.45) is 5.73 Å². The fraction of sp³-hybridized carbons (Fsp3) is 0.400. The molecular weight excluding hydrogens is 334 g/mol. The van der Waals surface area contributed by atoms with Crippen LogP contribution in [0.5, 0.6) is 0 Å². The van der Waals surface area contributed by atoms with Gasteiger partial charge in [-0.1, -0.05) is 60.7 Å². The number of benzene rings is 2. The maximum Gasteiger partial charge on any atom is 0.173 e. The molecule has 5 atom stereocenters. The molecule has 3 rings (SSSR count). The maximum atomic E-state index is 11.5. The van der Waals surface area contributed by atoms with Crippen molar-refractivity contribution in [3.63, 3.8) is 0 Å². The Morgan fingerprint density at radius 2 is 1.27 bits per heavy atom. The van der Waals surface area contributed by atoms with E-state index in [0.717, 1.165) is 11.1 Å². The summed E-state index contributed by atoms with van der Waals surface area (Å²) in [6, 6.07) is 17.5. The Hall–Kier alpha value is -1.80. The molecule has 1 heterocycles. The number of ether oxygens (including phenoxy) is 1. The van der Waals surface area contributed by atoms with E-state index in [2.05, 4.69) is 0 Å². The van der Waals surface area contributed by atoms with E-state index in [0.29, 0.717) is 0 Å². The van der Waals surface area contributed by atoms with Gasteiger partial charge in [0.2, 0.25) is 0 Å². The van der Waals surface area contributed by atoms with Gasteiger partial charge in [-0.2, -0.15) is 0 Å². The first-order chi connectivity index (χ1) is 12.4. The Morgan fingerprint density at radius 1 is 0.808 bits per heavy atom. The number of aliphatic hydroxyl groups is 4. The molecule has 1 fully saturated rings. The standard InChI is InChI=1S/C20H25NO5/c21-15-16(22)17(23)18(26-19(15)24)20(25,11-13-7-3-1-4-8-13)12-14-9-5-2-6-10-14/h1-10,15-19,22-25H,11-12,21H2/t15-,16+,17-,18-,19-/m0/s1. The average Bonchev–Trinajstić information content (AvgIpc) is 2.64. The lowest BCUT2D eigenvalue weighted by atomic mass is 9.78. The lowest BCUT2D eigenvalue weighted by Gasteiger charge is -2.46. The van der Waals surface area contributed by atoms with Crippen molar-refractivity contribution >= 4 is 0 Å². The summed E-state index contributed by atoms with van der Waals surface area (Å²) in [7, 11) is 0. The highest BCUT2D eigenvalue weighted by Gasteiger charge is 2.51. The fourth-order valence-corrected chi connectivity index (χ4v) is 3.50. The normalized spacial score (nSPS) is 29.5. The molecule has 2 aromatic carbocycles. The van der Waals surface area contributed by atoms with Crippen LogP contribution >= 0.6 is 0 Å². The molecule has 1 saturated heterocycles. The molecule has 1 aliphatic rings. The summed E-state index contributed by atoms with van der Waals surface area (Å²) < 4.78 is 5.46. The Bertz CT molecular complexity index is 654. The predicted octanol–water partition coefficient (Wildman–Crippen LogP) is -0.0308. The monoisotopic (exact) mass is 359 g/mol. The van der Waals surface area contributed by atoms with Gasteiger partial charge in [0, 0.05) is 12.8 Å². The molecule has 0 aliphatic carbocycles. The van der Waals surface area contributed by atoms with Crippen LogP contribution < -0.4 is 5.73 Å². The zero-order chi connectivity index (χ0) is 18.7. The molecule has 2 aromatic rings. The van der Waals surface area contributed by atoms with Crippen LogP contribution in [-0.2, 0) is 17.6 Å². The largest absolute Gasteiger partial charge is 0.388 e. The third-order valence-electron chi connectivity index (χ3n) is 4.91. The molecule has 0 saturated carbocycles. The quantitative estimate of drug-likeness (QED) is 0.512. The van der Waals surface area contributed by atoms with Crippen LogP contribution in [0.3, 0.4) is 0 Å². The molecule has 0 unspecified atom stereocenters. The van der Waals surface area contributed by atoms with E-state index >= 15 is 0 Å². The van der Waals surface area contributed by atoms with Crippen molar-refractivity contribution in [2.75, 3.05) is 0 Å². The summed E-state index contributed by atoms with van der Waals surface area (Å²) in [5.41, 5.74) is 5.80. The number of hydrogen-bond acceptors (Lipinski definition) is 6. The van der Waals surface area contributed by atoms with Crippen LogP contribution in [0, 0.1) is 0 Å². The summed E-state index contributed by atoms with van der Waals surface area (Å²) in [5, 5.41) is 42.1. The van der Waals surface area contributed by atoms with Crippen molar-refractivity contribution in [3.8, 4) is 0 Å². The van der Waals surface area contributed by atoms with Crippen LogP contribution in [0.25, 0.3) is 0 Å². The SMILES string of the molecule is N[C@H]1[C@@H](O)[C@H](O)[C@@H](C(O)(Cc2ccccc2)Cc2ccccc2)O[C@@H]1O. The van der Waals surface area contributed by atoms with Gasteiger partial charge in [0.05, 0.1) is 6.04 Å². The van der Waals surface area contributed by atoms with Gasteiger partial charge >= 0.3 is 0 Å². The van der Waals surface area contributed by atoms with Crippen LogP contribution in [0.2, 0.25) is 0 Å². The van der Waals surface area contributed by atoms with Gasteiger partial charge < -0.3 is 30.9 Å². The molecule has 6 heteroatoms. The molecule has 0 radical (unpaired) electrons. The van der Waals surface area contributed by atoms with Gasteiger partial charge in [-0.05, 0) is 11.1 Å². The highest BCUT2D eigenvalue weighted by molar-refractivity contribution is 5.23. The minimum absolute atomic E-state index is 0.180. The summed E-state index contributed by atoms with van der Waals surface area (Å²) in [6.07, 6.45) is -5.14. The van der Waals surface area contributed by atoms with Crippen LogP contribution in [0.1, 0.15) is 11.1 Å². The van der Waals surface area contributed by atoms with E-state index in [1.165, 1.54) is 0 Å². The van der Waals surface area contributed by atoms with Gasteiger partial charge in [0.25, 0.3) is 0 Å². The predicted molar refractivity (Wildman–Crippen MR) is 96.1 cm³/mol. The molecule has 0 bridgehead atoms. The van der Waals surface area contributed by atoms with E-state index in [1.54, 1.807) is 0 Å². The summed E-state index contributed by atoms with van der Waals surface area (Å²) >= 11 is 0. The van der Waals surface area contributed by atoms with Crippen LogP contribution in [0.4, 0.5) is 0 Å². The molecule has 0 aromatic heterocycles. The van der Waals surface area contributed by atoms with E-state index < -0.39 is 36.2 Å². The molecule has 140 valence electrons. The van der Waals surface area contributed by atoms with Gasteiger partial charge in [0.15, 0.2) is 6.29 Å². The van der Waals surface area contributed by atoms with Crippen LogP contribution in [-0.4, -0.2) is 56.7 Å². The van der Waals surface area contributed by atoms with Crippen LogP contribution in [0.15, 0.2) is 60.7 Å². The van der Waals surface area contributed by atoms with Crippen molar-refractivity contribution < 1.29 is 25.2 Å². The lowest BCUT2D eigenvalue weighted by Crippen LogP contribution is -2.67. The third-order valence-corrected chi connectivity index (χ3v) is 4.91. The first-order valence-electron chi connectivity index (χ1n) is 8.66. The van der Waals surface area contributed by atoms with Gasteiger partial charge in [-0.25, -0.2) is 0 Å². The first kappa shape index (κ1) is 19.0. The molecular formula is C20H25NO5. The summed E-state index contributed by atoms with van der Waals surface area (Å²) in [4.78, 5) is 0. The highest BCUT2D eigenvalue weighted by atomic mass is 16.6. The molecule has 0 spiro atoms. The minimum atomic E-state index is -1.55. The molecule has 1 aliphatic heterocycles. The molecule has 26 heavy (non-hydrogen) atoms. The Morgan fingerprint density at radius 3 is 1.73 bits per heavy atom. The number of nitrogens with two attached hydrogens (primary N) is 1. The number of hydrogen-bond donors (Lipinski definition) is 5. The van der Waals surface area contributed by atoms with E-state index in [-0.39, 0.29) is 12.8 Å². The summed E-state index contributed by atoms with van der Waals surface area (Å²) in [5.74, 6) is 0. The third kappa shape index (κ3) is 3.96. The number of rotatable bonds is 5. The fourth-order valence-electron chi connectivity index (χ4n) is 3.50. The lowest BCUT2D eigenvalue weighted by molar-refractivity contribution is -0.282. The zero-order valence-electron chi connectivity index (χ0n) is 14.3. The van der Waals surface area contributed by atoms with Gasteiger partial charge in [0.1, 0.15) is 23.9 Å². The van der Waals surface area contributed by atoms with E-state index in [4.69, 9.17) is 10.5 Å². The van der Waals surface area contributed by atoms with E-state index in [9.17, 15) is 20.4 Å². The van der Waals surface area contributed by atoms with Crippen molar-refractivity contribution in [1.82, 2.24) is 0 Å². The van der Waals surface area contributed by atoms with E-state index in [1.807, 2.05) is 60.7 Å². The molecule has 6 nitrogen and oxygen atoms in total. The summed E-state index contributed by atoms with van der Waals surface area (Å²) in [6.45, 7) is 0. The molecule has 6 N–H and O–H groups in total. The maximum absolute atomic E-state index is 11.5. The molecule has 0 amide bonds. The highest BCUT2D eigenvalue weighted by Crippen LogP contribution is 2.32. The number of aliphatic hydroxyl groups excluding tert-OH is 3. The van der Waals surface area contributed by atoms with Crippen molar-refractivity contribution in [1.29, 1.82) is 0 Å². The van der Waals surface area contributed by atoms with Crippen molar-refractivity contribution in [3.05, 3.63) is 71.8 Å². The second-order valence-corrected chi connectivity index (χ2v) is 6.93. The average molecular weight is 359 g/mol.